The van der Waals surface area contributed by atoms with Crippen molar-refractivity contribution in [3.05, 3.63) is 58.4 Å². The van der Waals surface area contributed by atoms with E-state index in [-0.39, 0.29) is 35.4 Å². The fraction of sp³-hybridized carbons (Fsp3) is 0.316. The minimum absolute atomic E-state index is 0.0330. The van der Waals surface area contributed by atoms with Crippen molar-refractivity contribution in [2.24, 2.45) is 5.14 Å². The summed E-state index contributed by atoms with van der Waals surface area (Å²) in [6, 6.07) is 8.38. The summed E-state index contributed by atoms with van der Waals surface area (Å²) >= 11 is 5.77. The molecule has 0 aliphatic carbocycles. The highest BCUT2D eigenvalue weighted by Gasteiger charge is 2.54. The van der Waals surface area contributed by atoms with Gasteiger partial charge in [0, 0.05) is 13.1 Å². The summed E-state index contributed by atoms with van der Waals surface area (Å²) in [6.07, 6.45) is 1.15. The molecule has 0 bridgehead atoms. The topological polar surface area (TPSA) is 143 Å². The van der Waals surface area contributed by atoms with E-state index in [1.165, 1.54) is 0 Å². The van der Waals surface area contributed by atoms with Crippen LogP contribution in [-0.4, -0.2) is 47.8 Å². The third kappa shape index (κ3) is 4.04. The highest BCUT2D eigenvalue weighted by atomic mass is 35.5. The molecule has 1 fully saturated rings. The van der Waals surface area contributed by atoms with Crippen LogP contribution in [0.15, 0.2) is 36.5 Å². The molecule has 2 heterocycles. The van der Waals surface area contributed by atoms with Crippen LogP contribution in [0.4, 0.5) is 5.69 Å². The SMILES string of the molecule is CC(C)c1ccccc1C1(C(=O)Nc2cnc(Cl)cc2C(=O)O)CN(S(N)(=O)=O)C1. The molecule has 0 atom stereocenters. The minimum Gasteiger partial charge on any atom is -0.478 e. The maximum absolute atomic E-state index is 13.4. The molecule has 0 spiro atoms. The first-order valence-electron chi connectivity index (χ1n) is 9.03. The number of nitrogens with two attached hydrogens (primary N) is 1. The first kappa shape index (κ1) is 22.2. The quantitative estimate of drug-likeness (QED) is 0.571. The van der Waals surface area contributed by atoms with Gasteiger partial charge in [0.25, 0.3) is 10.2 Å². The monoisotopic (exact) mass is 452 g/mol. The summed E-state index contributed by atoms with van der Waals surface area (Å²) in [5.41, 5.74) is 0.0548. The molecule has 1 amide bonds. The van der Waals surface area contributed by atoms with Gasteiger partial charge in [0.2, 0.25) is 5.91 Å². The maximum atomic E-state index is 13.4. The molecule has 0 unspecified atom stereocenters. The van der Waals surface area contributed by atoms with Crippen LogP contribution >= 0.6 is 11.6 Å². The van der Waals surface area contributed by atoms with E-state index in [1.54, 1.807) is 12.1 Å². The van der Waals surface area contributed by atoms with Gasteiger partial charge in [-0.05, 0) is 23.1 Å². The molecule has 11 heteroatoms. The van der Waals surface area contributed by atoms with E-state index in [9.17, 15) is 23.1 Å². The van der Waals surface area contributed by atoms with Gasteiger partial charge in [0.15, 0.2) is 0 Å². The fourth-order valence-corrected chi connectivity index (χ4v) is 4.52. The third-order valence-corrected chi connectivity index (χ3v) is 6.32. The fourth-order valence-electron chi connectivity index (χ4n) is 3.56. The molecule has 1 aliphatic heterocycles. The predicted molar refractivity (Wildman–Crippen MR) is 112 cm³/mol. The summed E-state index contributed by atoms with van der Waals surface area (Å²) in [5.74, 6) is -1.77. The van der Waals surface area contributed by atoms with Crippen molar-refractivity contribution in [2.75, 3.05) is 18.4 Å². The van der Waals surface area contributed by atoms with Gasteiger partial charge in [0.1, 0.15) is 10.6 Å². The molecular formula is C19H21ClN4O5S. The number of nitrogens with zero attached hydrogens (tertiary/aromatic N) is 2. The van der Waals surface area contributed by atoms with E-state index in [1.807, 2.05) is 26.0 Å². The van der Waals surface area contributed by atoms with Crippen molar-refractivity contribution in [3.8, 4) is 0 Å². The number of pyridine rings is 1. The number of rotatable bonds is 6. The number of halogens is 1. The van der Waals surface area contributed by atoms with Crippen LogP contribution in [0.2, 0.25) is 5.15 Å². The number of hydrogen-bond acceptors (Lipinski definition) is 5. The number of amides is 1. The Morgan fingerprint density at radius 3 is 2.50 bits per heavy atom. The van der Waals surface area contributed by atoms with Crippen molar-refractivity contribution < 1.29 is 23.1 Å². The number of hydrogen-bond donors (Lipinski definition) is 3. The molecule has 1 aromatic carbocycles. The first-order chi connectivity index (χ1) is 14.0. The van der Waals surface area contributed by atoms with Crippen molar-refractivity contribution in [2.45, 2.75) is 25.2 Å². The number of carbonyl (C=O) groups excluding carboxylic acids is 1. The normalized spacial score (nSPS) is 16.2. The van der Waals surface area contributed by atoms with Gasteiger partial charge in [-0.1, -0.05) is 49.7 Å². The number of aromatic nitrogens is 1. The molecule has 0 radical (unpaired) electrons. The second-order valence-electron chi connectivity index (χ2n) is 7.45. The van der Waals surface area contributed by atoms with Crippen LogP contribution in [0, 0.1) is 0 Å². The van der Waals surface area contributed by atoms with Crippen LogP contribution in [-0.2, 0) is 20.4 Å². The highest BCUT2D eigenvalue weighted by molar-refractivity contribution is 7.86. The van der Waals surface area contributed by atoms with E-state index < -0.39 is 27.5 Å². The van der Waals surface area contributed by atoms with E-state index >= 15 is 0 Å². The first-order valence-corrected chi connectivity index (χ1v) is 10.9. The standard InChI is InChI=1S/C19H21ClN4O5S/c1-11(2)12-5-3-4-6-14(12)19(9-24(10-19)30(21,28)29)18(27)23-15-8-22-16(20)7-13(15)17(25)26/h3-8,11H,9-10H2,1-2H3,(H,23,27)(H,25,26)(H2,21,28,29). The molecular weight excluding hydrogens is 432 g/mol. The summed E-state index contributed by atoms with van der Waals surface area (Å²) < 4.78 is 24.6. The van der Waals surface area contributed by atoms with Crippen molar-refractivity contribution >= 4 is 39.4 Å². The van der Waals surface area contributed by atoms with Crippen LogP contribution in [0.1, 0.15) is 41.3 Å². The molecule has 1 saturated heterocycles. The molecule has 30 heavy (non-hydrogen) atoms. The Balaban J connectivity index is 2.06. The second-order valence-corrected chi connectivity index (χ2v) is 9.38. The smallest absolute Gasteiger partial charge is 0.337 e. The zero-order valence-electron chi connectivity index (χ0n) is 16.3. The Kier molecular flexibility index (Phi) is 5.87. The Morgan fingerprint density at radius 1 is 1.30 bits per heavy atom. The van der Waals surface area contributed by atoms with E-state index in [4.69, 9.17) is 16.7 Å². The van der Waals surface area contributed by atoms with Gasteiger partial charge < -0.3 is 10.4 Å². The molecule has 160 valence electrons. The van der Waals surface area contributed by atoms with Gasteiger partial charge in [0.05, 0.1) is 17.4 Å². The Labute approximate surface area is 179 Å². The van der Waals surface area contributed by atoms with Gasteiger partial charge >= 0.3 is 5.97 Å². The lowest BCUT2D eigenvalue weighted by molar-refractivity contribution is -0.125. The summed E-state index contributed by atoms with van der Waals surface area (Å²) in [6.45, 7) is 3.61. The largest absolute Gasteiger partial charge is 0.478 e. The number of aromatic carboxylic acids is 1. The van der Waals surface area contributed by atoms with Crippen LogP contribution < -0.4 is 10.5 Å². The van der Waals surface area contributed by atoms with E-state index in [0.29, 0.717) is 5.56 Å². The lowest BCUT2D eigenvalue weighted by atomic mass is 9.71. The number of carboxylic acid groups (broad SMARTS) is 1. The van der Waals surface area contributed by atoms with Gasteiger partial charge in [-0.25, -0.2) is 14.9 Å². The molecule has 4 N–H and O–H groups in total. The lowest BCUT2D eigenvalue weighted by Crippen LogP contribution is -2.67. The van der Waals surface area contributed by atoms with Gasteiger partial charge in [-0.15, -0.1) is 0 Å². The Morgan fingerprint density at radius 2 is 1.93 bits per heavy atom. The van der Waals surface area contributed by atoms with E-state index in [2.05, 4.69) is 10.3 Å². The number of nitrogens with one attached hydrogen (secondary N) is 1. The average molecular weight is 453 g/mol. The van der Waals surface area contributed by atoms with Gasteiger partial charge in [-0.3, -0.25) is 4.79 Å². The molecule has 1 aliphatic rings. The number of anilines is 1. The Bertz CT molecular complexity index is 1110. The molecule has 3 rings (SSSR count). The summed E-state index contributed by atoms with van der Waals surface area (Å²) in [7, 11) is -3.98. The third-order valence-electron chi connectivity index (χ3n) is 5.13. The van der Waals surface area contributed by atoms with Crippen LogP contribution in [0.25, 0.3) is 0 Å². The number of carboxylic acids is 1. The second kappa shape index (κ2) is 7.95. The summed E-state index contributed by atoms with van der Waals surface area (Å²) in [4.78, 5) is 28.8. The van der Waals surface area contributed by atoms with E-state index in [0.717, 1.165) is 22.1 Å². The maximum Gasteiger partial charge on any atom is 0.337 e. The van der Waals surface area contributed by atoms with Crippen molar-refractivity contribution in [1.29, 1.82) is 0 Å². The number of carbonyl (C=O) groups is 2. The predicted octanol–water partition coefficient (Wildman–Crippen LogP) is 1.95. The van der Waals surface area contributed by atoms with Crippen molar-refractivity contribution in [1.82, 2.24) is 9.29 Å². The zero-order valence-corrected chi connectivity index (χ0v) is 17.9. The molecule has 1 aromatic heterocycles. The Hall–Kier alpha value is -2.53. The summed E-state index contributed by atoms with van der Waals surface area (Å²) in [5, 5.41) is 17.2. The zero-order chi connectivity index (χ0) is 22.3. The highest BCUT2D eigenvalue weighted by Crippen LogP contribution is 2.40. The average Bonchev–Trinajstić information content (AvgIpc) is 2.61. The van der Waals surface area contributed by atoms with Crippen LogP contribution in [0.5, 0.6) is 0 Å². The molecule has 2 aromatic rings. The number of benzene rings is 1. The van der Waals surface area contributed by atoms with Gasteiger partial charge in [-0.2, -0.15) is 12.7 Å². The lowest BCUT2D eigenvalue weighted by Gasteiger charge is -2.48. The van der Waals surface area contributed by atoms with Crippen LogP contribution in [0.3, 0.4) is 0 Å². The molecule has 9 nitrogen and oxygen atoms in total. The van der Waals surface area contributed by atoms with Crippen molar-refractivity contribution in [3.63, 3.8) is 0 Å². The molecule has 0 saturated carbocycles. The minimum atomic E-state index is -3.98.